The quantitative estimate of drug-likeness (QED) is 0.0372. The van der Waals surface area contributed by atoms with Gasteiger partial charge >= 0.3 is 6.09 Å². The number of nitrogens with one attached hydrogen (secondary N) is 6. The number of aliphatic hydroxyl groups excluding tert-OH is 1. The van der Waals surface area contributed by atoms with E-state index in [1.54, 1.807) is 54.7 Å². The highest BCUT2D eigenvalue weighted by atomic mass is 16.5. The van der Waals surface area contributed by atoms with E-state index >= 15 is 0 Å². The van der Waals surface area contributed by atoms with Crippen molar-refractivity contribution in [2.24, 2.45) is 5.84 Å². The lowest BCUT2D eigenvalue weighted by Crippen LogP contribution is -2.59. The van der Waals surface area contributed by atoms with Gasteiger partial charge in [-0.3, -0.25) is 24.6 Å². The minimum absolute atomic E-state index is 0.00718. The molecule has 4 atom stereocenters. The Morgan fingerprint density at radius 2 is 1.21 bits per heavy atom. The van der Waals surface area contributed by atoms with Crippen molar-refractivity contribution in [2.75, 3.05) is 6.61 Å². The van der Waals surface area contributed by atoms with Gasteiger partial charge in [0, 0.05) is 29.9 Å². The molecule has 0 aliphatic carbocycles. The lowest BCUT2D eigenvalue weighted by Gasteiger charge is -2.25. The summed E-state index contributed by atoms with van der Waals surface area (Å²) in [6.45, 7) is 0.877. The molecule has 15 nitrogen and oxygen atoms in total. The van der Waals surface area contributed by atoms with Crippen molar-refractivity contribution >= 4 is 40.6 Å². The van der Waals surface area contributed by atoms with Crippen LogP contribution in [0.2, 0.25) is 0 Å². The van der Waals surface area contributed by atoms with Crippen LogP contribution in [0.3, 0.4) is 0 Å². The number of carbonyl (C=O) groups excluding carboxylic acids is 5. The zero-order chi connectivity index (χ0) is 39.9. The topological polar surface area (TPSA) is 226 Å². The molecule has 5 rings (SSSR count). The van der Waals surface area contributed by atoms with E-state index in [1.807, 2.05) is 66.1 Å². The zero-order valence-corrected chi connectivity index (χ0v) is 30.7. The van der Waals surface area contributed by atoms with Crippen molar-refractivity contribution in [2.45, 2.75) is 57.1 Å². The van der Waals surface area contributed by atoms with Crippen LogP contribution in [0.1, 0.15) is 29.2 Å². The molecule has 0 saturated heterocycles. The summed E-state index contributed by atoms with van der Waals surface area (Å²) in [5.41, 5.74) is 5.85. The maximum absolute atomic E-state index is 13.8. The highest BCUT2D eigenvalue weighted by molar-refractivity contribution is 5.95. The number of nitrogens with two attached hydrogens (primary N) is 1. The van der Waals surface area contributed by atoms with Crippen LogP contribution in [-0.4, -0.2) is 70.6 Å². The summed E-state index contributed by atoms with van der Waals surface area (Å²) < 4.78 is 11.2. The van der Waals surface area contributed by atoms with E-state index in [4.69, 9.17) is 15.3 Å². The molecule has 0 aliphatic rings. The van der Waals surface area contributed by atoms with Crippen LogP contribution in [0.25, 0.3) is 10.9 Å². The molecule has 0 saturated carbocycles. The van der Waals surface area contributed by atoms with Gasteiger partial charge in [0.15, 0.2) is 0 Å². The molecule has 1 heterocycles. The van der Waals surface area contributed by atoms with E-state index in [-0.39, 0.29) is 19.4 Å². The number of aliphatic hydroxyl groups is 1. The molecule has 9 N–H and O–H groups in total. The molecule has 15 heteroatoms. The van der Waals surface area contributed by atoms with Crippen molar-refractivity contribution in [3.05, 3.63) is 138 Å². The van der Waals surface area contributed by atoms with E-state index in [9.17, 15) is 29.1 Å². The fourth-order valence-electron chi connectivity index (χ4n) is 5.79. The highest BCUT2D eigenvalue weighted by Crippen LogP contribution is 2.20. The van der Waals surface area contributed by atoms with Gasteiger partial charge in [0.25, 0.3) is 5.91 Å². The van der Waals surface area contributed by atoms with Crippen LogP contribution in [0.15, 0.2) is 115 Å². The molecule has 56 heavy (non-hydrogen) atoms. The standard InChI is InChI=1S/C41H45N7O8/c1-26(37(50)48-42)44-38(51)34(20-27-16-18-31(19-17-27)55-24-28-10-4-2-5-11-28)45-40(53)36(23-49)46-39(52)35(21-30-22-43-33-15-9-8-14-32(30)33)47-41(54)56-25-29-12-6-3-7-13-29/h2-19,22,26,34-36,43,49H,20-21,23-25,42H2,1H3,(H,44,51)(H,45,53)(H,46,52)(H,47,54)(H,48,50)/t26-,34+,35+,36+/m1/s1. The largest absolute Gasteiger partial charge is 0.489 e. The smallest absolute Gasteiger partial charge is 0.408 e. The summed E-state index contributed by atoms with van der Waals surface area (Å²) in [7, 11) is 0. The fourth-order valence-corrected chi connectivity index (χ4v) is 5.79. The molecular weight excluding hydrogens is 718 g/mol. The molecule has 1 aromatic heterocycles. The number of hydrazine groups is 1. The van der Waals surface area contributed by atoms with Crippen LogP contribution in [0, 0.1) is 0 Å². The Hall–Kier alpha value is -6.71. The second kappa shape index (κ2) is 20.1. The second-order valence-corrected chi connectivity index (χ2v) is 13.0. The molecule has 0 unspecified atom stereocenters. The molecule has 0 bridgehead atoms. The lowest BCUT2D eigenvalue weighted by atomic mass is 10.0. The first-order valence-corrected chi connectivity index (χ1v) is 17.9. The number of para-hydroxylation sites is 1. The summed E-state index contributed by atoms with van der Waals surface area (Å²) in [5, 5.41) is 21.3. The highest BCUT2D eigenvalue weighted by Gasteiger charge is 2.31. The molecule has 0 fully saturated rings. The van der Waals surface area contributed by atoms with E-state index in [2.05, 4.69) is 26.3 Å². The first kappa shape index (κ1) is 40.5. The molecule has 4 aromatic carbocycles. The number of amides is 5. The van der Waals surface area contributed by atoms with Crippen LogP contribution in [0.4, 0.5) is 4.79 Å². The number of hydrogen-bond acceptors (Lipinski definition) is 9. The van der Waals surface area contributed by atoms with Gasteiger partial charge in [0.2, 0.25) is 17.7 Å². The Kier molecular flexibility index (Phi) is 14.5. The zero-order valence-electron chi connectivity index (χ0n) is 30.7. The van der Waals surface area contributed by atoms with Gasteiger partial charge in [-0.05, 0) is 47.4 Å². The lowest BCUT2D eigenvalue weighted by molar-refractivity contribution is -0.134. The number of alkyl carbamates (subject to hydrolysis) is 1. The van der Waals surface area contributed by atoms with E-state index < -0.39 is 60.5 Å². The van der Waals surface area contributed by atoms with Gasteiger partial charge in [-0.25, -0.2) is 10.6 Å². The number of aromatic nitrogens is 1. The number of rotatable bonds is 18. The minimum Gasteiger partial charge on any atom is -0.489 e. The van der Waals surface area contributed by atoms with Gasteiger partial charge in [-0.15, -0.1) is 0 Å². The van der Waals surface area contributed by atoms with Crippen LogP contribution in [-0.2, 0) is 50.0 Å². The predicted octanol–water partition coefficient (Wildman–Crippen LogP) is 2.28. The van der Waals surface area contributed by atoms with E-state index in [0.717, 1.165) is 22.0 Å². The Labute approximate surface area is 323 Å². The SMILES string of the molecule is C[C@@H](NC(=O)[C@H](Cc1ccc(OCc2ccccc2)cc1)NC(=O)[C@H](CO)NC(=O)[C@H](Cc1c[nH]c2ccccc12)NC(=O)OCc1ccccc1)C(=O)NN. The fraction of sp³-hybridized carbons (Fsp3) is 0.244. The first-order valence-electron chi connectivity index (χ1n) is 17.9. The Morgan fingerprint density at radius 3 is 1.88 bits per heavy atom. The molecule has 0 spiro atoms. The monoisotopic (exact) mass is 763 g/mol. The Bertz CT molecular complexity index is 2080. The predicted molar refractivity (Wildman–Crippen MR) is 207 cm³/mol. The minimum atomic E-state index is -1.54. The van der Waals surface area contributed by atoms with Crippen molar-refractivity contribution < 1.29 is 38.6 Å². The Balaban J connectivity index is 1.29. The van der Waals surface area contributed by atoms with Gasteiger partial charge in [0.05, 0.1) is 6.61 Å². The van der Waals surface area contributed by atoms with Crippen molar-refractivity contribution in [1.82, 2.24) is 31.7 Å². The third-order valence-electron chi connectivity index (χ3n) is 8.87. The summed E-state index contributed by atoms with van der Waals surface area (Å²) in [4.78, 5) is 69.1. The maximum Gasteiger partial charge on any atom is 0.408 e. The summed E-state index contributed by atoms with van der Waals surface area (Å²) in [6.07, 6.45) is 0.822. The summed E-state index contributed by atoms with van der Waals surface area (Å²) >= 11 is 0. The molecule has 292 valence electrons. The molecule has 5 amide bonds. The molecule has 5 aromatic rings. The van der Waals surface area contributed by atoms with E-state index in [0.29, 0.717) is 23.5 Å². The maximum atomic E-state index is 13.8. The third-order valence-corrected chi connectivity index (χ3v) is 8.87. The van der Waals surface area contributed by atoms with Gasteiger partial charge < -0.3 is 40.8 Å². The number of ether oxygens (including phenoxy) is 2. The van der Waals surface area contributed by atoms with Crippen molar-refractivity contribution in [1.29, 1.82) is 0 Å². The Morgan fingerprint density at radius 1 is 0.643 bits per heavy atom. The molecule has 0 radical (unpaired) electrons. The van der Waals surface area contributed by atoms with Crippen molar-refractivity contribution in [3.63, 3.8) is 0 Å². The van der Waals surface area contributed by atoms with Gasteiger partial charge in [-0.2, -0.15) is 0 Å². The van der Waals surface area contributed by atoms with Crippen LogP contribution >= 0.6 is 0 Å². The average molecular weight is 764 g/mol. The number of hydrogen-bond donors (Lipinski definition) is 8. The second-order valence-electron chi connectivity index (χ2n) is 13.0. The van der Waals surface area contributed by atoms with E-state index in [1.165, 1.54) is 6.92 Å². The van der Waals surface area contributed by atoms with Crippen LogP contribution in [0.5, 0.6) is 5.75 Å². The summed E-state index contributed by atoms with van der Waals surface area (Å²) in [5.74, 6) is 2.75. The number of H-pyrrole nitrogens is 1. The number of carbonyl (C=O) groups is 5. The molecular formula is C41H45N7O8. The molecule has 0 aliphatic heterocycles. The first-order chi connectivity index (χ1) is 27.1. The number of aromatic amines is 1. The average Bonchev–Trinajstić information content (AvgIpc) is 3.63. The number of benzene rings is 4. The van der Waals surface area contributed by atoms with Crippen molar-refractivity contribution in [3.8, 4) is 5.75 Å². The van der Waals surface area contributed by atoms with Gasteiger partial charge in [-0.1, -0.05) is 91.0 Å². The van der Waals surface area contributed by atoms with Crippen LogP contribution < -0.4 is 37.3 Å². The number of fused-ring (bicyclic) bond motifs is 1. The third kappa shape index (κ3) is 11.6. The summed E-state index contributed by atoms with van der Waals surface area (Å²) in [6, 6.07) is 27.9. The normalized spacial score (nSPS) is 13.0. The van der Waals surface area contributed by atoms with Gasteiger partial charge in [0.1, 0.15) is 43.1 Å².